The minimum Gasteiger partial charge on any atom is -0.275 e. The van der Waals surface area contributed by atoms with Gasteiger partial charge >= 0.3 is 0 Å². The van der Waals surface area contributed by atoms with E-state index < -0.39 is 0 Å². The lowest BCUT2D eigenvalue weighted by Crippen LogP contribution is -1.86. The van der Waals surface area contributed by atoms with Crippen LogP contribution >= 0.6 is 11.6 Å². The highest BCUT2D eigenvalue weighted by molar-refractivity contribution is 6.19. The average Bonchev–Trinajstić information content (AvgIpc) is 2.41. The number of hydrogen-bond donors (Lipinski definition) is 0. The lowest BCUT2D eigenvalue weighted by atomic mass is 10.1. The van der Waals surface area contributed by atoms with Gasteiger partial charge in [0.15, 0.2) is 0 Å². The molecule has 1 heterocycles. The number of allylic oxidation sites excluding steroid dienone is 1. The summed E-state index contributed by atoms with van der Waals surface area (Å²) < 4.78 is 1.82. The molecule has 0 saturated heterocycles. The van der Waals surface area contributed by atoms with Crippen molar-refractivity contribution in [3.8, 4) is 0 Å². The monoisotopic (exact) mass is 198 g/mol. The number of alkyl halides is 1. The molecular formula is C10H15ClN2. The van der Waals surface area contributed by atoms with E-state index in [4.69, 9.17) is 11.6 Å². The number of aromatic nitrogens is 2. The lowest BCUT2D eigenvalue weighted by Gasteiger charge is -1.96. The third-order valence-corrected chi connectivity index (χ3v) is 2.38. The van der Waals surface area contributed by atoms with Crippen molar-refractivity contribution >= 4 is 17.7 Å². The van der Waals surface area contributed by atoms with Gasteiger partial charge in [0.25, 0.3) is 0 Å². The Morgan fingerprint density at radius 1 is 1.69 bits per heavy atom. The fourth-order valence-corrected chi connectivity index (χ4v) is 1.48. The van der Waals surface area contributed by atoms with Crippen LogP contribution in [0.3, 0.4) is 0 Å². The van der Waals surface area contributed by atoms with Crippen molar-refractivity contribution < 1.29 is 0 Å². The first kappa shape index (κ1) is 10.3. The Bertz CT molecular complexity index is 307. The van der Waals surface area contributed by atoms with Crippen LogP contribution in [0.2, 0.25) is 0 Å². The summed E-state index contributed by atoms with van der Waals surface area (Å²) in [5.41, 5.74) is 3.47. The molecule has 1 rings (SSSR count). The van der Waals surface area contributed by atoms with Crippen LogP contribution in [0, 0.1) is 6.92 Å². The van der Waals surface area contributed by atoms with Crippen LogP contribution in [-0.2, 0) is 7.05 Å². The van der Waals surface area contributed by atoms with E-state index in [1.165, 1.54) is 11.1 Å². The summed E-state index contributed by atoms with van der Waals surface area (Å²) in [5.74, 6) is 0.602. The molecule has 0 spiro atoms. The van der Waals surface area contributed by atoms with Gasteiger partial charge in [-0.3, -0.25) is 4.68 Å². The Morgan fingerprint density at radius 3 is 2.77 bits per heavy atom. The Kier molecular flexibility index (Phi) is 3.55. The highest BCUT2D eigenvalue weighted by Gasteiger charge is 2.00. The van der Waals surface area contributed by atoms with E-state index in [9.17, 15) is 0 Å². The zero-order valence-corrected chi connectivity index (χ0v) is 9.10. The quantitative estimate of drug-likeness (QED) is 0.683. The molecule has 0 aliphatic carbocycles. The first-order valence-corrected chi connectivity index (χ1v) is 4.96. The van der Waals surface area contributed by atoms with E-state index in [1.54, 1.807) is 0 Å². The van der Waals surface area contributed by atoms with Crippen molar-refractivity contribution in [2.45, 2.75) is 20.3 Å². The van der Waals surface area contributed by atoms with Crippen LogP contribution in [-0.4, -0.2) is 15.7 Å². The number of halogens is 1. The molecular weight excluding hydrogens is 184 g/mol. The Hall–Kier alpha value is -0.760. The summed E-state index contributed by atoms with van der Waals surface area (Å²) in [5, 5.41) is 4.26. The van der Waals surface area contributed by atoms with Gasteiger partial charge in [0, 0.05) is 24.7 Å². The van der Waals surface area contributed by atoms with E-state index in [0.717, 1.165) is 12.1 Å². The summed E-state index contributed by atoms with van der Waals surface area (Å²) in [7, 11) is 1.93. The van der Waals surface area contributed by atoms with Crippen LogP contribution in [0.4, 0.5) is 0 Å². The topological polar surface area (TPSA) is 17.8 Å². The smallest absolute Gasteiger partial charge is 0.0665 e. The molecule has 72 valence electrons. The molecule has 0 amide bonds. The Balaban J connectivity index is 2.95. The van der Waals surface area contributed by atoms with Gasteiger partial charge in [0.1, 0.15) is 0 Å². The van der Waals surface area contributed by atoms with Gasteiger partial charge in [-0.2, -0.15) is 5.10 Å². The molecule has 0 saturated carbocycles. The van der Waals surface area contributed by atoms with Crippen LogP contribution in [0.25, 0.3) is 6.08 Å². The predicted octanol–water partition coefficient (Wildman–Crippen LogP) is 2.76. The molecule has 0 radical (unpaired) electrons. The summed E-state index contributed by atoms with van der Waals surface area (Å²) in [6, 6.07) is 0. The maximum absolute atomic E-state index is 5.78. The zero-order valence-electron chi connectivity index (χ0n) is 8.34. The molecule has 13 heavy (non-hydrogen) atoms. The Labute approximate surface area is 84.2 Å². The molecule has 0 aromatic carbocycles. The van der Waals surface area contributed by atoms with Crippen LogP contribution < -0.4 is 0 Å². The maximum atomic E-state index is 5.78. The first-order chi connectivity index (χ1) is 6.17. The first-order valence-electron chi connectivity index (χ1n) is 4.43. The summed E-state index contributed by atoms with van der Waals surface area (Å²) in [4.78, 5) is 0. The minimum atomic E-state index is 0.602. The molecule has 0 aliphatic heterocycles. The zero-order chi connectivity index (χ0) is 9.84. The van der Waals surface area contributed by atoms with Crippen LogP contribution in [0.5, 0.6) is 0 Å². The molecule has 1 aromatic rings. The van der Waals surface area contributed by atoms with Crippen molar-refractivity contribution in [3.63, 3.8) is 0 Å². The standard InChI is InChI=1S/C10H15ClN2/c1-4-9(6-11)5-10-7-13(3)12-8(10)2/h5,7H,4,6H2,1-3H3/b9-5+. The Morgan fingerprint density at radius 2 is 2.38 bits per heavy atom. The molecule has 0 bridgehead atoms. The SMILES string of the molecule is CC/C(=C\c1cn(C)nc1C)CCl. The summed E-state index contributed by atoms with van der Waals surface area (Å²) >= 11 is 5.78. The highest BCUT2D eigenvalue weighted by Crippen LogP contribution is 2.13. The van der Waals surface area contributed by atoms with E-state index in [0.29, 0.717) is 5.88 Å². The van der Waals surface area contributed by atoms with Crippen molar-refractivity contribution in [1.29, 1.82) is 0 Å². The highest BCUT2D eigenvalue weighted by atomic mass is 35.5. The van der Waals surface area contributed by atoms with E-state index >= 15 is 0 Å². The van der Waals surface area contributed by atoms with E-state index in [1.807, 2.05) is 24.9 Å². The van der Waals surface area contributed by atoms with Gasteiger partial charge < -0.3 is 0 Å². The van der Waals surface area contributed by atoms with Crippen molar-refractivity contribution in [3.05, 3.63) is 23.0 Å². The van der Waals surface area contributed by atoms with Gasteiger partial charge in [-0.25, -0.2) is 0 Å². The predicted molar refractivity (Wildman–Crippen MR) is 56.9 cm³/mol. The molecule has 2 nitrogen and oxygen atoms in total. The largest absolute Gasteiger partial charge is 0.275 e. The van der Waals surface area contributed by atoms with E-state index in [-0.39, 0.29) is 0 Å². The maximum Gasteiger partial charge on any atom is 0.0665 e. The molecule has 0 aliphatic rings. The second kappa shape index (κ2) is 4.47. The second-order valence-corrected chi connectivity index (χ2v) is 3.40. The van der Waals surface area contributed by atoms with Crippen molar-refractivity contribution in [1.82, 2.24) is 9.78 Å². The minimum absolute atomic E-state index is 0.602. The molecule has 0 atom stereocenters. The number of nitrogens with zero attached hydrogens (tertiary/aromatic N) is 2. The van der Waals surface area contributed by atoms with Crippen LogP contribution in [0.15, 0.2) is 11.8 Å². The fourth-order valence-electron chi connectivity index (χ4n) is 1.21. The normalized spacial score (nSPS) is 12.2. The van der Waals surface area contributed by atoms with E-state index in [2.05, 4.69) is 18.1 Å². The lowest BCUT2D eigenvalue weighted by molar-refractivity contribution is 0.756. The average molecular weight is 199 g/mol. The number of aryl methyl sites for hydroxylation is 2. The van der Waals surface area contributed by atoms with Gasteiger partial charge in [-0.1, -0.05) is 18.6 Å². The molecule has 0 N–H and O–H groups in total. The third kappa shape index (κ3) is 2.59. The molecule has 0 fully saturated rings. The third-order valence-electron chi connectivity index (χ3n) is 2.04. The van der Waals surface area contributed by atoms with Gasteiger partial charge in [-0.15, -0.1) is 11.6 Å². The van der Waals surface area contributed by atoms with Gasteiger partial charge in [0.2, 0.25) is 0 Å². The molecule has 0 unspecified atom stereocenters. The van der Waals surface area contributed by atoms with Crippen molar-refractivity contribution in [2.24, 2.45) is 7.05 Å². The summed E-state index contributed by atoms with van der Waals surface area (Å²) in [6.07, 6.45) is 5.13. The second-order valence-electron chi connectivity index (χ2n) is 3.13. The number of rotatable bonds is 3. The molecule has 1 aromatic heterocycles. The van der Waals surface area contributed by atoms with Gasteiger partial charge in [0.05, 0.1) is 5.69 Å². The van der Waals surface area contributed by atoms with Gasteiger partial charge in [-0.05, 0) is 13.3 Å². The fraction of sp³-hybridized carbons (Fsp3) is 0.500. The number of hydrogen-bond acceptors (Lipinski definition) is 1. The summed E-state index contributed by atoms with van der Waals surface area (Å²) in [6.45, 7) is 4.12. The molecule has 3 heteroatoms. The van der Waals surface area contributed by atoms with Crippen LogP contribution in [0.1, 0.15) is 24.6 Å². The van der Waals surface area contributed by atoms with Crippen molar-refractivity contribution in [2.75, 3.05) is 5.88 Å².